The Balaban J connectivity index is 1.65. The second kappa shape index (κ2) is 5.48. The molecule has 1 aromatic rings. The summed E-state index contributed by atoms with van der Waals surface area (Å²) in [5.74, 6) is 1.45. The third-order valence-electron chi connectivity index (χ3n) is 6.98. The number of aromatic hydroxyl groups is 1. The molecule has 4 heteroatoms. The van der Waals surface area contributed by atoms with Crippen molar-refractivity contribution in [3.05, 3.63) is 29.3 Å². The maximum atomic E-state index is 11.4. The van der Waals surface area contributed by atoms with Crippen LogP contribution in [0.25, 0.3) is 0 Å². The normalized spacial score (nSPS) is 40.4. The lowest BCUT2D eigenvalue weighted by Crippen LogP contribution is -2.45. The van der Waals surface area contributed by atoms with Gasteiger partial charge < -0.3 is 14.9 Å². The van der Waals surface area contributed by atoms with E-state index in [2.05, 4.69) is 13.0 Å². The number of benzene rings is 1. The molecule has 24 heavy (non-hydrogen) atoms. The number of carbonyl (C=O) groups is 1. The van der Waals surface area contributed by atoms with Crippen LogP contribution in [0.4, 0.5) is 0 Å². The molecule has 2 N–H and O–H groups in total. The monoisotopic (exact) mass is 330 g/mol. The summed E-state index contributed by atoms with van der Waals surface area (Å²) >= 11 is 0. The topological polar surface area (TPSA) is 66.8 Å². The lowest BCUT2D eigenvalue weighted by molar-refractivity contribution is -0.153. The first-order valence-corrected chi connectivity index (χ1v) is 9.07. The van der Waals surface area contributed by atoms with Crippen LogP contribution in [0.1, 0.15) is 56.6 Å². The predicted octanol–water partition coefficient (Wildman–Crippen LogP) is 3.15. The van der Waals surface area contributed by atoms with Gasteiger partial charge in [-0.25, -0.2) is 0 Å². The molecule has 1 aromatic carbocycles. The number of rotatable bonds is 1. The minimum atomic E-state index is -0.562. The molecule has 4 nitrogen and oxygen atoms in total. The molecule has 2 fully saturated rings. The molecule has 3 aliphatic rings. The maximum absolute atomic E-state index is 11.4. The lowest BCUT2D eigenvalue weighted by Gasteiger charge is -2.49. The van der Waals surface area contributed by atoms with Gasteiger partial charge in [-0.1, -0.05) is 13.0 Å². The molecule has 0 unspecified atom stereocenters. The Hall–Kier alpha value is -1.55. The SMILES string of the molecule is CC(=O)O[C@H]1C[C@@H]2[C@H]3CCc4cc(O)ccc4[C@H]3CC[C@]2(C)[C@H]1O. The zero-order chi connectivity index (χ0) is 17.1. The van der Waals surface area contributed by atoms with Gasteiger partial charge in [-0.2, -0.15) is 0 Å². The van der Waals surface area contributed by atoms with Gasteiger partial charge in [-0.15, -0.1) is 0 Å². The van der Waals surface area contributed by atoms with Crippen LogP contribution in [0, 0.1) is 17.3 Å². The van der Waals surface area contributed by atoms with Gasteiger partial charge in [-0.05, 0) is 73.1 Å². The van der Waals surface area contributed by atoms with Gasteiger partial charge in [0.2, 0.25) is 0 Å². The fourth-order valence-corrected chi connectivity index (χ4v) is 5.86. The standard InChI is InChI=1S/C20H26O4/c1-11(21)24-18-10-17-16-5-3-12-9-13(22)4-6-14(12)15(16)7-8-20(17,2)19(18)23/h4,6,9,15-19,22-23H,3,5,7-8,10H2,1-2H3/t15-,16+,17-,18+,19+,20+/m1/s1. The van der Waals surface area contributed by atoms with Gasteiger partial charge in [0.25, 0.3) is 0 Å². The quantitative estimate of drug-likeness (QED) is 0.776. The number of esters is 1. The summed E-state index contributed by atoms with van der Waals surface area (Å²) < 4.78 is 5.42. The molecule has 3 aliphatic carbocycles. The van der Waals surface area contributed by atoms with E-state index >= 15 is 0 Å². The van der Waals surface area contributed by atoms with Crippen molar-refractivity contribution in [2.24, 2.45) is 17.3 Å². The molecule has 0 spiro atoms. The van der Waals surface area contributed by atoms with Crippen LogP contribution in [0.15, 0.2) is 18.2 Å². The molecule has 6 atom stereocenters. The molecule has 0 bridgehead atoms. The number of phenols is 1. The number of aryl methyl sites for hydroxylation is 1. The van der Waals surface area contributed by atoms with Crippen LogP contribution in [0.5, 0.6) is 5.75 Å². The molecule has 4 rings (SSSR count). The van der Waals surface area contributed by atoms with Crippen molar-refractivity contribution in [2.45, 2.75) is 64.1 Å². The number of fused-ring (bicyclic) bond motifs is 5. The smallest absolute Gasteiger partial charge is 0.302 e. The molecule has 2 saturated carbocycles. The summed E-state index contributed by atoms with van der Waals surface area (Å²) in [6.45, 7) is 3.59. The van der Waals surface area contributed by atoms with E-state index in [4.69, 9.17) is 4.74 Å². The van der Waals surface area contributed by atoms with Gasteiger partial charge in [0.1, 0.15) is 11.9 Å². The van der Waals surface area contributed by atoms with Crippen LogP contribution >= 0.6 is 0 Å². The largest absolute Gasteiger partial charge is 0.508 e. The summed E-state index contributed by atoms with van der Waals surface area (Å²) in [6, 6.07) is 5.78. The van der Waals surface area contributed by atoms with Crippen molar-refractivity contribution in [3.63, 3.8) is 0 Å². The molecule has 0 saturated heterocycles. The summed E-state index contributed by atoms with van der Waals surface area (Å²) in [5, 5.41) is 20.6. The van der Waals surface area contributed by atoms with Crippen molar-refractivity contribution >= 4 is 5.97 Å². The fourth-order valence-electron chi connectivity index (χ4n) is 5.86. The van der Waals surface area contributed by atoms with Crippen molar-refractivity contribution in [1.82, 2.24) is 0 Å². The number of carbonyl (C=O) groups excluding carboxylic acids is 1. The third kappa shape index (κ3) is 2.26. The predicted molar refractivity (Wildman–Crippen MR) is 89.7 cm³/mol. The highest BCUT2D eigenvalue weighted by Crippen LogP contribution is 2.61. The Morgan fingerprint density at radius 1 is 1.33 bits per heavy atom. The minimum absolute atomic E-state index is 0.157. The molecule has 0 aromatic heterocycles. The molecule has 0 heterocycles. The molecule has 0 amide bonds. The number of aliphatic hydroxyl groups is 1. The van der Waals surface area contributed by atoms with Crippen LogP contribution in [-0.2, 0) is 16.0 Å². The van der Waals surface area contributed by atoms with E-state index in [1.165, 1.54) is 18.1 Å². The number of aliphatic hydroxyl groups excluding tert-OH is 1. The minimum Gasteiger partial charge on any atom is -0.508 e. The number of hydrogen-bond donors (Lipinski definition) is 2. The Morgan fingerprint density at radius 2 is 2.12 bits per heavy atom. The molecule has 0 aliphatic heterocycles. The van der Waals surface area contributed by atoms with Gasteiger partial charge >= 0.3 is 5.97 Å². The van der Waals surface area contributed by atoms with Crippen molar-refractivity contribution in [1.29, 1.82) is 0 Å². The molecular formula is C20H26O4. The highest BCUT2D eigenvalue weighted by molar-refractivity contribution is 5.66. The zero-order valence-electron chi connectivity index (χ0n) is 14.4. The first-order chi connectivity index (χ1) is 11.4. The average Bonchev–Trinajstić information content (AvgIpc) is 2.78. The molecular weight excluding hydrogens is 304 g/mol. The Kier molecular flexibility index (Phi) is 3.64. The van der Waals surface area contributed by atoms with Crippen LogP contribution in [-0.4, -0.2) is 28.4 Å². The summed E-state index contributed by atoms with van der Waals surface area (Å²) in [7, 11) is 0. The first-order valence-electron chi connectivity index (χ1n) is 9.07. The lowest BCUT2D eigenvalue weighted by atomic mass is 9.55. The Bertz CT molecular complexity index is 670. The van der Waals surface area contributed by atoms with E-state index in [-0.39, 0.29) is 17.5 Å². The highest BCUT2D eigenvalue weighted by atomic mass is 16.6. The number of hydrogen-bond acceptors (Lipinski definition) is 4. The van der Waals surface area contributed by atoms with Gasteiger partial charge in [0, 0.05) is 12.3 Å². The van der Waals surface area contributed by atoms with Crippen molar-refractivity contribution in [2.75, 3.05) is 0 Å². The van der Waals surface area contributed by atoms with E-state index in [1.54, 1.807) is 6.07 Å². The van der Waals surface area contributed by atoms with Gasteiger partial charge in [0.15, 0.2) is 0 Å². The summed E-state index contributed by atoms with van der Waals surface area (Å²) in [4.78, 5) is 11.4. The zero-order valence-corrected chi connectivity index (χ0v) is 14.4. The summed E-state index contributed by atoms with van der Waals surface area (Å²) in [6.07, 6.45) is 3.92. The van der Waals surface area contributed by atoms with E-state index < -0.39 is 6.10 Å². The second-order valence-electron chi connectivity index (χ2n) is 8.17. The molecule has 130 valence electrons. The second-order valence-corrected chi connectivity index (χ2v) is 8.17. The van der Waals surface area contributed by atoms with E-state index in [9.17, 15) is 15.0 Å². The van der Waals surface area contributed by atoms with E-state index in [1.807, 2.05) is 6.07 Å². The maximum Gasteiger partial charge on any atom is 0.302 e. The third-order valence-corrected chi connectivity index (χ3v) is 6.98. The Labute approximate surface area is 142 Å². The van der Waals surface area contributed by atoms with Gasteiger partial charge in [-0.3, -0.25) is 4.79 Å². The van der Waals surface area contributed by atoms with Gasteiger partial charge in [0.05, 0.1) is 6.10 Å². The van der Waals surface area contributed by atoms with Crippen LogP contribution < -0.4 is 0 Å². The van der Waals surface area contributed by atoms with Crippen LogP contribution in [0.3, 0.4) is 0 Å². The summed E-state index contributed by atoms with van der Waals surface area (Å²) in [5.41, 5.74) is 2.49. The fraction of sp³-hybridized carbons (Fsp3) is 0.650. The van der Waals surface area contributed by atoms with E-state index in [0.717, 1.165) is 32.1 Å². The number of ether oxygens (including phenoxy) is 1. The number of phenolic OH excluding ortho intramolecular Hbond substituents is 1. The van der Waals surface area contributed by atoms with Crippen molar-refractivity contribution < 1.29 is 19.7 Å². The van der Waals surface area contributed by atoms with Crippen molar-refractivity contribution in [3.8, 4) is 5.75 Å². The van der Waals surface area contributed by atoms with Crippen LogP contribution in [0.2, 0.25) is 0 Å². The van der Waals surface area contributed by atoms with E-state index in [0.29, 0.717) is 23.5 Å². The first kappa shape index (κ1) is 15.9. The highest BCUT2D eigenvalue weighted by Gasteiger charge is 2.59. The Morgan fingerprint density at radius 3 is 2.88 bits per heavy atom. The molecule has 0 radical (unpaired) electrons. The average molecular weight is 330 g/mol.